The Kier molecular flexibility index (Phi) is 5.72. The fourth-order valence-electron chi connectivity index (χ4n) is 3.93. The SMILES string of the molecule is CCCNC(=O)CCC(=O)N1Cc2ccccc2C2=C(c3ccccc31)N(C)NN2. The molecule has 0 radical (unpaired) electrons. The van der Waals surface area contributed by atoms with Crippen molar-refractivity contribution in [1.29, 1.82) is 0 Å². The molecule has 0 aliphatic carbocycles. The zero-order valence-electron chi connectivity index (χ0n) is 17.4. The Labute approximate surface area is 176 Å². The second-order valence-electron chi connectivity index (χ2n) is 7.52. The van der Waals surface area contributed by atoms with Gasteiger partial charge in [-0.3, -0.25) is 14.6 Å². The predicted octanol–water partition coefficient (Wildman–Crippen LogP) is 2.62. The van der Waals surface area contributed by atoms with Crippen molar-refractivity contribution in [3.05, 3.63) is 65.2 Å². The summed E-state index contributed by atoms with van der Waals surface area (Å²) in [4.78, 5) is 27.1. The van der Waals surface area contributed by atoms with Crippen molar-refractivity contribution in [2.45, 2.75) is 32.7 Å². The number of rotatable bonds is 5. The van der Waals surface area contributed by atoms with Gasteiger partial charge >= 0.3 is 0 Å². The molecule has 0 unspecified atom stereocenters. The van der Waals surface area contributed by atoms with Crippen LogP contribution >= 0.6 is 0 Å². The maximum absolute atomic E-state index is 13.3. The fraction of sp³-hybridized carbons (Fsp3) is 0.304. The number of amides is 2. The van der Waals surface area contributed by atoms with Gasteiger partial charge in [-0.1, -0.05) is 49.4 Å². The van der Waals surface area contributed by atoms with Crippen LogP contribution < -0.4 is 21.2 Å². The first-order valence-electron chi connectivity index (χ1n) is 10.3. The molecule has 4 rings (SSSR count). The number of nitrogens with one attached hydrogen (secondary N) is 3. The van der Waals surface area contributed by atoms with Crippen LogP contribution in [-0.2, 0) is 16.1 Å². The molecule has 2 amide bonds. The van der Waals surface area contributed by atoms with E-state index in [2.05, 4.69) is 22.3 Å². The summed E-state index contributed by atoms with van der Waals surface area (Å²) in [7, 11) is 1.95. The quantitative estimate of drug-likeness (QED) is 0.713. The lowest BCUT2D eigenvalue weighted by atomic mass is 9.96. The summed E-state index contributed by atoms with van der Waals surface area (Å²) in [5.74, 6) is -0.144. The van der Waals surface area contributed by atoms with Gasteiger partial charge in [-0.2, -0.15) is 0 Å². The Balaban J connectivity index is 1.72. The van der Waals surface area contributed by atoms with Gasteiger partial charge in [0, 0.05) is 37.6 Å². The van der Waals surface area contributed by atoms with Crippen molar-refractivity contribution in [3.63, 3.8) is 0 Å². The Morgan fingerprint density at radius 2 is 1.77 bits per heavy atom. The average Bonchev–Trinajstić information content (AvgIpc) is 3.14. The van der Waals surface area contributed by atoms with Gasteiger partial charge in [-0.25, -0.2) is 0 Å². The third-order valence-electron chi connectivity index (χ3n) is 5.43. The second-order valence-corrected chi connectivity index (χ2v) is 7.52. The molecule has 7 heteroatoms. The summed E-state index contributed by atoms with van der Waals surface area (Å²) in [5, 5.41) is 4.77. The van der Waals surface area contributed by atoms with Crippen LogP contribution in [-0.4, -0.2) is 30.4 Å². The van der Waals surface area contributed by atoms with Crippen molar-refractivity contribution >= 4 is 28.9 Å². The summed E-state index contributed by atoms with van der Waals surface area (Å²) in [5.41, 5.74) is 12.3. The lowest BCUT2D eigenvalue weighted by molar-refractivity contribution is -0.125. The Morgan fingerprint density at radius 1 is 1.03 bits per heavy atom. The zero-order chi connectivity index (χ0) is 21.1. The zero-order valence-corrected chi connectivity index (χ0v) is 17.4. The molecule has 2 aromatic carbocycles. The van der Waals surface area contributed by atoms with E-state index in [-0.39, 0.29) is 24.7 Å². The van der Waals surface area contributed by atoms with E-state index in [1.807, 2.05) is 61.4 Å². The molecule has 2 heterocycles. The van der Waals surface area contributed by atoms with Gasteiger partial charge in [0.15, 0.2) is 0 Å². The molecule has 2 aromatic rings. The van der Waals surface area contributed by atoms with Gasteiger partial charge in [-0.15, -0.1) is 5.53 Å². The highest BCUT2D eigenvalue weighted by Crippen LogP contribution is 2.39. The standard InChI is InChI=1S/C23H27N5O2/c1-3-14-24-20(29)12-13-21(30)28-15-16-8-4-5-9-17(16)22-23(27(2)26-25-22)18-10-6-7-11-19(18)28/h4-11,25-26H,3,12-15H2,1-2H3,(H,24,29). The molecule has 0 saturated heterocycles. The average molecular weight is 406 g/mol. The van der Waals surface area contributed by atoms with Crippen LogP contribution in [0.15, 0.2) is 48.5 Å². The van der Waals surface area contributed by atoms with E-state index in [1.54, 1.807) is 4.90 Å². The van der Waals surface area contributed by atoms with Crippen LogP contribution in [0.2, 0.25) is 0 Å². The monoisotopic (exact) mass is 405 g/mol. The number of carbonyl (C=O) groups excluding carboxylic acids is 2. The Morgan fingerprint density at radius 3 is 2.57 bits per heavy atom. The molecule has 0 saturated carbocycles. The van der Waals surface area contributed by atoms with Crippen molar-refractivity contribution in [1.82, 2.24) is 21.3 Å². The summed E-state index contributed by atoms with van der Waals surface area (Å²) in [6, 6.07) is 16.0. The van der Waals surface area contributed by atoms with Crippen LogP contribution in [0.25, 0.3) is 11.4 Å². The molecule has 0 bridgehead atoms. The molecule has 30 heavy (non-hydrogen) atoms. The summed E-state index contributed by atoms with van der Waals surface area (Å²) < 4.78 is 0. The maximum atomic E-state index is 13.3. The molecule has 7 nitrogen and oxygen atoms in total. The minimum Gasteiger partial charge on any atom is -0.356 e. The number of hydrazine groups is 2. The van der Waals surface area contributed by atoms with E-state index in [0.717, 1.165) is 40.2 Å². The first-order chi connectivity index (χ1) is 14.6. The summed E-state index contributed by atoms with van der Waals surface area (Å²) >= 11 is 0. The van der Waals surface area contributed by atoms with E-state index in [4.69, 9.17) is 0 Å². The summed E-state index contributed by atoms with van der Waals surface area (Å²) in [6.45, 7) is 3.09. The van der Waals surface area contributed by atoms with Crippen LogP contribution in [0.4, 0.5) is 5.69 Å². The molecule has 0 aromatic heterocycles. The largest absolute Gasteiger partial charge is 0.356 e. The molecular weight excluding hydrogens is 378 g/mol. The number of anilines is 1. The lowest BCUT2D eigenvalue weighted by Gasteiger charge is -2.30. The number of fused-ring (bicyclic) bond motifs is 4. The molecule has 156 valence electrons. The van der Waals surface area contributed by atoms with Crippen molar-refractivity contribution in [2.24, 2.45) is 0 Å². The first-order valence-corrected chi connectivity index (χ1v) is 10.3. The van der Waals surface area contributed by atoms with E-state index >= 15 is 0 Å². The topological polar surface area (TPSA) is 76.7 Å². The molecule has 0 spiro atoms. The Hall–Kier alpha value is -3.32. The minimum atomic E-state index is -0.0835. The highest BCUT2D eigenvalue weighted by Gasteiger charge is 2.31. The highest BCUT2D eigenvalue weighted by molar-refractivity contribution is 6.02. The van der Waals surface area contributed by atoms with Gasteiger partial charge in [0.05, 0.1) is 23.6 Å². The smallest absolute Gasteiger partial charge is 0.227 e. The van der Waals surface area contributed by atoms with Crippen LogP contribution in [0.5, 0.6) is 0 Å². The second kappa shape index (κ2) is 8.59. The van der Waals surface area contributed by atoms with E-state index in [1.165, 1.54) is 0 Å². The molecule has 2 aliphatic rings. The van der Waals surface area contributed by atoms with Crippen molar-refractivity contribution in [2.75, 3.05) is 18.5 Å². The van der Waals surface area contributed by atoms with E-state index < -0.39 is 0 Å². The van der Waals surface area contributed by atoms with E-state index in [9.17, 15) is 9.59 Å². The van der Waals surface area contributed by atoms with Crippen molar-refractivity contribution < 1.29 is 9.59 Å². The van der Waals surface area contributed by atoms with Gasteiger partial charge in [-0.05, 0) is 18.1 Å². The van der Waals surface area contributed by atoms with E-state index in [0.29, 0.717) is 13.1 Å². The highest BCUT2D eigenvalue weighted by atomic mass is 16.2. The molecule has 2 aliphatic heterocycles. The normalized spacial score (nSPS) is 14.9. The van der Waals surface area contributed by atoms with Crippen molar-refractivity contribution in [3.8, 4) is 0 Å². The van der Waals surface area contributed by atoms with Crippen LogP contribution in [0.1, 0.15) is 42.9 Å². The number of hydrogen-bond donors (Lipinski definition) is 3. The van der Waals surface area contributed by atoms with Gasteiger partial charge in [0.25, 0.3) is 0 Å². The number of nitrogens with zero attached hydrogens (tertiary/aromatic N) is 2. The number of para-hydroxylation sites is 1. The third kappa shape index (κ3) is 3.76. The molecule has 3 N–H and O–H groups in total. The number of hydrogen-bond acceptors (Lipinski definition) is 5. The van der Waals surface area contributed by atoms with Gasteiger partial charge < -0.3 is 15.6 Å². The number of benzene rings is 2. The minimum absolute atomic E-state index is 0.0606. The van der Waals surface area contributed by atoms with Gasteiger partial charge in [0.1, 0.15) is 0 Å². The van der Waals surface area contributed by atoms with Crippen LogP contribution in [0, 0.1) is 0 Å². The molecule has 0 atom stereocenters. The van der Waals surface area contributed by atoms with Crippen LogP contribution in [0.3, 0.4) is 0 Å². The van der Waals surface area contributed by atoms with Gasteiger partial charge in [0.2, 0.25) is 11.8 Å². The third-order valence-corrected chi connectivity index (χ3v) is 5.43. The molecule has 0 fully saturated rings. The maximum Gasteiger partial charge on any atom is 0.227 e. The predicted molar refractivity (Wildman–Crippen MR) is 117 cm³/mol. The number of carbonyl (C=O) groups is 2. The Bertz CT molecular complexity index is 1000. The fourth-order valence-corrected chi connectivity index (χ4v) is 3.93. The lowest BCUT2D eigenvalue weighted by Crippen LogP contribution is -2.34. The summed E-state index contributed by atoms with van der Waals surface area (Å²) in [6.07, 6.45) is 1.24. The first kappa shape index (κ1) is 20.0. The molecular formula is C23H27N5O2.